The van der Waals surface area contributed by atoms with Crippen molar-refractivity contribution in [3.8, 4) is 0 Å². The maximum Gasteiger partial charge on any atom is 0.260 e. The maximum atomic E-state index is 13.1. The highest BCUT2D eigenvalue weighted by atomic mass is 32.2. The molecule has 36 heavy (non-hydrogen) atoms. The Bertz CT molecular complexity index is 1100. The molecule has 198 valence electrons. The van der Waals surface area contributed by atoms with Crippen molar-refractivity contribution in [1.82, 2.24) is 14.3 Å². The highest BCUT2D eigenvalue weighted by molar-refractivity contribution is 7.89. The van der Waals surface area contributed by atoms with E-state index < -0.39 is 10.0 Å². The van der Waals surface area contributed by atoms with Gasteiger partial charge in [-0.3, -0.25) is 4.79 Å². The quantitative estimate of drug-likeness (QED) is 0.313. The molecule has 0 aliphatic heterocycles. The summed E-state index contributed by atoms with van der Waals surface area (Å²) in [4.78, 5) is 22.2. The molecule has 11 heteroatoms. The number of hydrogen-bond acceptors (Lipinski definition) is 8. The van der Waals surface area contributed by atoms with Gasteiger partial charge in [0.1, 0.15) is 11.4 Å². The van der Waals surface area contributed by atoms with Gasteiger partial charge in [-0.1, -0.05) is 20.3 Å². The number of anilines is 3. The Hall–Kier alpha value is -2.76. The molecule has 1 amide bonds. The van der Waals surface area contributed by atoms with Crippen molar-refractivity contribution in [2.24, 2.45) is 11.7 Å². The van der Waals surface area contributed by atoms with E-state index in [0.29, 0.717) is 42.0 Å². The average molecular weight is 518 g/mol. The van der Waals surface area contributed by atoms with E-state index in [1.807, 2.05) is 0 Å². The molecular weight excluding hydrogens is 478 g/mol. The molecule has 1 saturated carbocycles. The largest absolute Gasteiger partial charge is 0.369 e. The fraction of sp³-hybridized carbons (Fsp3) is 0.560. The molecule has 0 radical (unpaired) electrons. The number of sulfonamides is 1. The Labute approximate surface area is 214 Å². The summed E-state index contributed by atoms with van der Waals surface area (Å²) >= 11 is 0. The van der Waals surface area contributed by atoms with Crippen molar-refractivity contribution in [3.05, 3.63) is 36.0 Å². The standard InChI is InChI=1S/C25H39N7O3S/c1-4-6-15-27-25-29-17-22(23(31-25)28-16-18-7-9-19(26)10-8-18)24(33)30-20-11-13-21(14-12-20)36(34,35)32(3)5-2/h11-14,17-19H,4-10,15-16,26H2,1-3H3,(H,30,33)(H2,27,28,29,31). The number of amides is 1. The van der Waals surface area contributed by atoms with Crippen molar-refractivity contribution in [2.45, 2.75) is 63.3 Å². The first-order valence-corrected chi connectivity index (χ1v) is 14.2. The minimum absolute atomic E-state index is 0.172. The second-order valence-corrected chi connectivity index (χ2v) is 11.3. The summed E-state index contributed by atoms with van der Waals surface area (Å²) in [5.41, 5.74) is 6.84. The monoisotopic (exact) mass is 517 g/mol. The second kappa shape index (κ2) is 13.0. The molecule has 0 spiro atoms. The lowest BCUT2D eigenvalue weighted by Crippen LogP contribution is -2.29. The zero-order chi connectivity index (χ0) is 26.1. The molecular formula is C25H39N7O3S. The summed E-state index contributed by atoms with van der Waals surface area (Å²) in [5.74, 6) is 1.05. The third kappa shape index (κ3) is 7.37. The summed E-state index contributed by atoms with van der Waals surface area (Å²) in [6.07, 6.45) is 7.67. The van der Waals surface area contributed by atoms with E-state index in [2.05, 4.69) is 32.8 Å². The first-order chi connectivity index (χ1) is 17.2. The molecule has 0 unspecified atom stereocenters. The molecule has 0 bridgehead atoms. The van der Waals surface area contributed by atoms with Crippen LogP contribution < -0.4 is 21.7 Å². The van der Waals surface area contributed by atoms with Gasteiger partial charge in [0.15, 0.2) is 0 Å². The van der Waals surface area contributed by atoms with Crippen molar-refractivity contribution in [3.63, 3.8) is 0 Å². The lowest BCUT2D eigenvalue weighted by Gasteiger charge is -2.26. The average Bonchev–Trinajstić information content (AvgIpc) is 2.88. The Kier molecular flexibility index (Phi) is 10.0. The van der Waals surface area contributed by atoms with Gasteiger partial charge in [-0.15, -0.1) is 0 Å². The zero-order valence-electron chi connectivity index (χ0n) is 21.5. The van der Waals surface area contributed by atoms with Crippen LogP contribution >= 0.6 is 0 Å². The summed E-state index contributed by atoms with van der Waals surface area (Å²) in [5, 5.41) is 9.41. The molecule has 3 rings (SSSR count). The highest BCUT2D eigenvalue weighted by Crippen LogP contribution is 2.25. The number of carbonyl (C=O) groups is 1. The van der Waals surface area contributed by atoms with Crippen molar-refractivity contribution in [1.29, 1.82) is 0 Å². The SMILES string of the molecule is CCCCNc1ncc(C(=O)Nc2ccc(S(=O)(=O)N(C)CC)cc2)c(NCC2CCC(N)CC2)n1. The number of rotatable bonds is 12. The number of nitrogens with zero attached hydrogens (tertiary/aromatic N) is 3. The molecule has 2 aromatic rings. The van der Waals surface area contributed by atoms with Gasteiger partial charge in [0.05, 0.1) is 4.90 Å². The van der Waals surface area contributed by atoms with Crippen LogP contribution in [-0.4, -0.2) is 61.3 Å². The molecule has 1 aliphatic carbocycles. The highest BCUT2D eigenvalue weighted by Gasteiger charge is 2.22. The van der Waals surface area contributed by atoms with E-state index in [-0.39, 0.29) is 16.8 Å². The van der Waals surface area contributed by atoms with Gasteiger partial charge >= 0.3 is 0 Å². The number of unbranched alkanes of at least 4 members (excludes halogenated alkanes) is 1. The van der Waals surface area contributed by atoms with E-state index in [0.717, 1.165) is 45.1 Å². The third-order valence-corrected chi connectivity index (χ3v) is 8.51. The molecule has 5 N–H and O–H groups in total. The molecule has 1 aliphatic rings. The van der Waals surface area contributed by atoms with Crippen LogP contribution in [0, 0.1) is 5.92 Å². The van der Waals surface area contributed by atoms with Crippen LogP contribution in [0.3, 0.4) is 0 Å². The summed E-state index contributed by atoms with van der Waals surface area (Å²) in [6, 6.07) is 6.41. The lowest BCUT2D eigenvalue weighted by atomic mass is 9.86. The third-order valence-electron chi connectivity index (χ3n) is 6.56. The number of nitrogens with two attached hydrogens (primary N) is 1. The van der Waals surface area contributed by atoms with Crippen molar-refractivity contribution >= 4 is 33.4 Å². The van der Waals surface area contributed by atoms with E-state index in [1.165, 1.54) is 29.7 Å². The normalized spacial score (nSPS) is 18.1. The lowest BCUT2D eigenvalue weighted by molar-refractivity contribution is 0.102. The molecule has 1 heterocycles. The van der Waals surface area contributed by atoms with Crippen LogP contribution in [0.25, 0.3) is 0 Å². The first kappa shape index (κ1) is 27.8. The van der Waals surface area contributed by atoms with Gasteiger partial charge in [0, 0.05) is 44.6 Å². The fourth-order valence-corrected chi connectivity index (χ4v) is 5.22. The number of hydrogen-bond donors (Lipinski definition) is 4. The number of nitrogens with one attached hydrogen (secondary N) is 3. The molecule has 1 aromatic carbocycles. The topological polar surface area (TPSA) is 142 Å². The smallest absolute Gasteiger partial charge is 0.260 e. The van der Waals surface area contributed by atoms with E-state index in [9.17, 15) is 13.2 Å². The Morgan fingerprint density at radius 1 is 1.11 bits per heavy atom. The minimum atomic E-state index is -3.55. The molecule has 0 saturated heterocycles. The maximum absolute atomic E-state index is 13.1. The Morgan fingerprint density at radius 2 is 1.81 bits per heavy atom. The predicted octanol–water partition coefficient (Wildman–Crippen LogP) is 3.51. The summed E-state index contributed by atoms with van der Waals surface area (Å²) in [6.45, 7) is 5.71. The van der Waals surface area contributed by atoms with Crippen molar-refractivity contribution < 1.29 is 13.2 Å². The van der Waals surface area contributed by atoms with Crippen LogP contribution in [0.4, 0.5) is 17.5 Å². The van der Waals surface area contributed by atoms with E-state index >= 15 is 0 Å². The molecule has 10 nitrogen and oxygen atoms in total. The molecule has 0 atom stereocenters. The van der Waals surface area contributed by atoms with Gasteiger partial charge in [0.25, 0.3) is 5.91 Å². The van der Waals surface area contributed by atoms with Crippen LogP contribution in [0.5, 0.6) is 0 Å². The molecule has 1 fully saturated rings. The minimum Gasteiger partial charge on any atom is -0.369 e. The Balaban J connectivity index is 1.74. The van der Waals surface area contributed by atoms with Gasteiger partial charge in [0.2, 0.25) is 16.0 Å². The van der Waals surface area contributed by atoms with E-state index in [4.69, 9.17) is 5.73 Å². The number of carbonyl (C=O) groups excluding carboxylic acids is 1. The van der Waals surface area contributed by atoms with Crippen LogP contribution in [-0.2, 0) is 10.0 Å². The first-order valence-electron chi connectivity index (χ1n) is 12.7. The summed E-state index contributed by atoms with van der Waals surface area (Å²) < 4.78 is 26.3. The van der Waals surface area contributed by atoms with Gasteiger partial charge in [-0.25, -0.2) is 17.7 Å². The summed E-state index contributed by atoms with van der Waals surface area (Å²) in [7, 11) is -2.02. The molecule has 1 aromatic heterocycles. The Morgan fingerprint density at radius 3 is 2.44 bits per heavy atom. The predicted molar refractivity (Wildman–Crippen MR) is 144 cm³/mol. The van der Waals surface area contributed by atoms with Gasteiger partial charge in [-0.2, -0.15) is 4.98 Å². The van der Waals surface area contributed by atoms with Gasteiger partial charge in [-0.05, 0) is 62.3 Å². The number of benzene rings is 1. The van der Waals surface area contributed by atoms with Crippen LogP contribution in [0.1, 0.15) is 62.7 Å². The van der Waals surface area contributed by atoms with Crippen molar-refractivity contribution in [2.75, 3.05) is 42.6 Å². The van der Waals surface area contributed by atoms with Gasteiger partial charge < -0.3 is 21.7 Å². The fourth-order valence-electron chi connectivity index (χ4n) is 4.04. The second-order valence-electron chi connectivity index (χ2n) is 9.30. The van der Waals surface area contributed by atoms with Crippen LogP contribution in [0.2, 0.25) is 0 Å². The van der Waals surface area contributed by atoms with Crippen LogP contribution in [0.15, 0.2) is 35.4 Å². The number of aromatic nitrogens is 2. The zero-order valence-corrected chi connectivity index (χ0v) is 22.3. The van der Waals surface area contributed by atoms with E-state index in [1.54, 1.807) is 19.1 Å².